The zero-order valence-corrected chi connectivity index (χ0v) is 8.05. The molecule has 0 aromatic carbocycles. The van der Waals surface area contributed by atoms with E-state index in [1.54, 1.807) is 0 Å². The quantitative estimate of drug-likeness (QED) is 0.664. The van der Waals surface area contributed by atoms with Crippen LogP contribution in [0.1, 0.15) is 32.0 Å². The molecule has 0 atom stereocenters. The minimum Gasteiger partial charge on any atom is -0.278 e. The fourth-order valence-corrected chi connectivity index (χ4v) is 1.10. The lowest BCUT2D eigenvalue weighted by atomic mass is 9.90. The average molecular weight is 176 g/mol. The van der Waals surface area contributed by atoms with E-state index in [2.05, 4.69) is 28.0 Å². The Morgan fingerprint density at radius 2 is 2.15 bits per heavy atom. The van der Waals surface area contributed by atoms with E-state index in [0.29, 0.717) is 11.4 Å². The third-order valence-electron chi connectivity index (χ3n) is 1.76. The van der Waals surface area contributed by atoms with Gasteiger partial charge in [-0.15, -0.1) is 0 Å². The summed E-state index contributed by atoms with van der Waals surface area (Å²) in [5, 5.41) is 15.6. The van der Waals surface area contributed by atoms with Crippen molar-refractivity contribution in [3.05, 3.63) is 11.3 Å². The van der Waals surface area contributed by atoms with E-state index >= 15 is 0 Å². The fraction of sp³-hybridized carbons (Fsp3) is 0.444. The van der Waals surface area contributed by atoms with Gasteiger partial charge < -0.3 is 0 Å². The molecule has 0 spiro atoms. The van der Waals surface area contributed by atoms with Crippen LogP contribution in [0.15, 0.2) is 4.99 Å². The Morgan fingerprint density at radius 3 is 2.54 bits per heavy atom. The van der Waals surface area contributed by atoms with Crippen LogP contribution >= 0.6 is 0 Å². The standard InChI is InChI=1S/C9H12N4/c1-9(2,3)7-6(5-10)8(11-4)13-12-7/h4H2,1-3H3,(H,12,13). The molecule has 0 radical (unpaired) electrons. The third kappa shape index (κ3) is 1.59. The molecule has 0 aliphatic carbocycles. The van der Waals surface area contributed by atoms with E-state index in [1.165, 1.54) is 0 Å². The van der Waals surface area contributed by atoms with Crippen molar-refractivity contribution in [2.24, 2.45) is 4.99 Å². The number of aromatic nitrogens is 2. The van der Waals surface area contributed by atoms with Crippen LogP contribution in [0.5, 0.6) is 0 Å². The summed E-state index contributed by atoms with van der Waals surface area (Å²) in [4.78, 5) is 3.66. The smallest absolute Gasteiger partial charge is 0.191 e. The van der Waals surface area contributed by atoms with Crippen LogP contribution in [0.4, 0.5) is 5.82 Å². The van der Waals surface area contributed by atoms with E-state index in [9.17, 15) is 0 Å². The topological polar surface area (TPSA) is 64.8 Å². The number of hydrogen-bond donors (Lipinski definition) is 1. The minimum absolute atomic E-state index is 0.124. The van der Waals surface area contributed by atoms with Crippen LogP contribution in [-0.4, -0.2) is 16.9 Å². The second-order valence-electron chi connectivity index (χ2n) is 3.82. The van der Waals surface area contributed by atoms with Crippen molar-refractivity contribution >= 4 is 12.5 Å². The van der Waals surface area contributed by atoms with Gasteiger partial charge in [-0.25, -0.2) is 4.99 Å². The highest BCUT2D eigenvalue weighted by atomic mass is 15.2. The van der Waals surface area contributed by atoms with E-state index in [0.717, 1.165) is 5.69 Å². The van der Waals surface area contributed by atoms with Gasteiger partial charge in [0.25, 0.3) is 0 Å². The summed E-state index contributed by atoms with van der Waals surface area (Å²) in [6, 6.07) is 2.07. The molecule has 0 bridgehead atoms. The zero-order chi connectivity index (χ0) is 10.1. The molecular weight excluding hydrogens is 164 g/mol. The van der Waals surface area contributed by atoms with Crippen LogP contribution in [0.2, 0.25) is 0 Å². The van der Waals surface area contributed by atoms with E-state index in [1.807, 2.05) is 20.8 Å². The number of nitrogens with one attached hydrogen (secondary N) is 1. The van der Waals surface area contributed by atoms with Gasteiger partial charge in [0.05, 0.1) is 5.69 Å². The number of rotatable bonds is 1. The molecule has 0 saturated heterocycles. The predicted octanol–water partition coefficient (Wildman–Crippen LogP) is 1.91. The van der Waals surface area contributed by atoms with Crippen LogP contribution in [0.3, 0.4) is 0 Å². The highest BCUT2D eigenvalue weighted by Crippen LogP contribution is 2.28. The molecule has 0 saturated carbocycles. The summed E-state index contributed by atoms with van der Waals surface area (Å²) in [5.74, 6) is 0.382. The van der Waals surface area contributed by atoms with Crippen molar-refractivity contribution in [1.29, 1.82) is 5.26 Å². The van der Waals surface area contributed by atoms with Crippen LogP contribution < -0.4 is 0 Å². The molecule has 1 N–H and O–H groups in total. The third-order valence-corrected chi connectivity index (χ3v) is 1.76. The van der Waals surface area contributed by atoms with Crippen molar-refractivity contribution in [3.63, 3.8) is 0 Å². The van der Waals surface area contributed by atoms with Crippen LogP contribution in [-0.2, 0) is 5.41 Å². The van der Waals surface area contributed by atoms with Crippen molar-refractivity contribution < 1.29 is 0 Å². The Hall–Kier alpha value is -1.63. The Balaban J connectivity index is 3.34. The second kappa shape index (κ2) is 3.02. The maximum absolute atomic E-state index is 8.88. The summed E-state index contributed by atoms with van der Waals surface area (Å²) >= 11 is 0. The number of aliphatic imine (C=N–C) groups is 1. The summed E-state index contributed by atoms with van der Waals surface area (Å²) in [5.41, 5.74) is 1.17. The maximum Gasteiger partial charge on any atom is 0.191 e. The molecule has 1 heterocycles. The maximum atomic E-state index is 8.88. The Morgan fingerprint density at radius 1 is 1.54 bits per heavy atom. The van der Waals surface area contributed by atoms with Gasteiger partial charge in [-0.2, -0.15) is 10.4 Å². The number of nitrogens with zero attached hydrogens (tertiary/aromatic N) is 3. The lowest BCUT2D eigenvalue weighted by Gasteiger charge is -2.15. The van der Waals surface area contributed by atoms with Gasteiger partial charge in [0.2, 0.25) is 0 Å². The first-order valence-corrected chi connectivity index (χ1v) is 3.96. The predicted molar refractivity (Wildman–Crippen MR) is 51.2 cm³/mol. The molecular formula is C9H12N4. The Labute approximate surface area is 77.3 Å². The molecule has 1 rings (SSSR count). The SMILES string of the molecule is C=Nc1n[nH]c(C(C)(C)C)c1C#N. The van der Waals surface area contributed by atoms with Gasteiger partial charge in [0.1, 0.15) is 11.6 Å². The van der Waals surface area contributed by atoms with E-state index in [4.69, 9.17) is 5.26 Å². The summed E-state index contributed by atoms with van der Waals surface area (Å²) in [7, 11) is 0. The molecule has 0 fully saturated rings. The molecule has 0 amide bonds. The number of aromatic amines is 1. The van der Waals surface area contributed by atoms with Crippen molar-refractivity contribution in [2.45, 2.75) is 26.2 Å². The highest BCUT2D eigenvalue weighted by molar-refractivity contribution is 5.55. The van der Waals surface area contributed by atoms with Gasteiger partial charge in [-0.3, -0.25) is 5.10 Å². The van der Waals surface area contributed by atoms with Gasteiger partial charge in [0.15, 0.2) is 5.82 Å². The first-order valence-electron chi connectivity index (χ1n) is 3.96. The van der Waals surface area contributed by atoms with Gasteiger partial charge >= 0.3 is 0 Å². The van der Waals surface area contributed by atoms with E-state index in [-0.39, 0.29) is 5.41 Å². The molecule has 4 heteroatoms. The van der Waals surface area contributed by atoms with Gasteiger partial charge in [0, 0.05) is 5.41 Å². The minimum atomic E-state index is -0.124. The zero-order valence-electron chi connectivity index (χ0n) is 8.05. The van der Waals surface area contributed by atoms with Crippen LogP contribution in [0, 0.1) is 11.3 Å². The molecule has 13 heavy (non-hydrogen) atoms. The molecule has 0 aliphatic rings. The highest BCUT2D eigenvalue weighted by Gasteiger charge is 2.23. The lowest BCUT2D eigenvalue weighted by Crippen LogP contribution is -2.13. The largest absolute Gasteiger partial charge is 0.278 e. The molecule has 1 aromatic rings. The van der Waals surface area contributed by atoms with Crippen molar-refractivity contribution in [3.8, 4) is 6.07 Å². The first-order chi connectivity index (χ1) is 6.00. The fourth-order valence-electron chi connectivity index (χ4n) is 1.10. The average Bonchev–Trinajstić information content (AvgIpc) is 2.45. The number of H-pyrrole nitrogens is 1. The lowest BCUT2D eigenvalue weighted by molar-refractivity contribution is 0.565. The molecule has 0 aliphatic heterocycles. The number of hydrogen-bond acceptors (Lipinski definition) is 3. The Bertz CT molecular complexity index is 362. The Kier molecular flexibility index (Phi) is 2.20. The van der Waals surface area contributed by atoms with Crippen LogP contribution in [0.25, 0.3) is 0 Å². The summed E-state index contributed by atoms with van der Waals surface area (Å²) < 4.78 is 0. The van der Waals surface area contributed by atoms with Crippen molar-refractivity contribution in [1.82, 2.24) is 10.2 Å². The van der Waals surface area contributed by atoms with Crippen molar-refractivity contribution in [2.75, 3.05) is 0 Å². The molecule has 4 nitrogen and oxygen atoms in total. The molecule has 68 valence electrons. The van der Waals surface area contributed by atoms with Gasteiger partial charge in [-0.1, -0.05) is 20.8 Å². The normalized spacial score (nSPS) is 10.9. The first kappa shape index (κ1) is 9.46. The number of nitriles is 1. The molecule has 1 aromatic heterocycles. The summed E-state index contributed by atoms with van der Waals surface area (Å²) in [6.07, 6.45) is 0. The van der Waals surface area contributed by atoms with Gasteiger partial charge in [-0.05, 0) is 6.72 Å². The second-order valence-corrected chi connectivity index (χ2v) is 3.82. The summed E-state index contributed by atoms with van der Waals surface area (Å²) in [6.45, 7) is 9.38. The van der Waals surface area contributed by atoms with E-state index < -0.39 is 0 Å². The molecule has 0 unspecified atom stereocenters. The monoisotopic (exact) mass is 176 g/mol.